The predicted molar refractivity (Wildman–Crippen MR) is 96.8 cm³/mol. The number of nitrogens with zero attached hydrogens (tertiary/aromatic N) is 4. The zero-order valence-corrected chi connectivity index (χ0v) is 16.8. The molecule has 0 aliphatic rings. The van der Waals surface area contributed by atoms with Crippen LogP contribution in [0, 0.1) is 0 Å². The van der Waals surface area contributed by atoms with Gasteiger partial charge in [-0.2, -0.15) is 31.3 Å². The second kappa shape index (κ2) is 7.36. The van der Waals surface area contributed by atoms with E-state index in [0.717, 1.165) is 0 Å². The maximum atomic E-state index is 13.2. The van der Waals surface area contributed by atoms with Crippen molar-refractivity contribution in [1.29, 1.82) is 0 Å². The first-order valence-electron chi connectivity index (χ1n) is 8.50. The number of hydrogen-bond acceptors (Lipinski definition) is 5. The zero-order valence-electron chi connectivity index (χ0n) is 16.1. The molecule has 0 aliphatic heterocycles. The van der Waals surface area contributed by atoms with Crippen LogP contribution in [-0.4, -0.2) is 19.7 Å². The molecule has 0 aliphatic carbocycles. The number of halogens is 7. The molecule has 0 N–H and O–H groups in total. The Labute approximate surface area is 175 Å². The largest absolute Gasteiger partial charge is 0.417 e. The summed E-state index contributed by atoms with van der Waals surface area (Å²) in [6.07, 6.45) is -9.02. The smallest absolute Gasteiger partial charge is 0.338 e. The van der Waals surface area contributed by atoms with E-state index in [1.807, 2.05) is 0 Å². The topological polar surface area (TPSA) is 73.8 Å². The van der Waals surface area contributed by atoms with Crippen molar-refractivity contribution >= 4 is 11.6 Å². The molecule has 0 radical (unpaired) electrons. The standard InChI is InChI=1S/C18H13ClF6N4O2/c1-16(2,3)15-27-13(28-31-15)12-11(5-8(6-26-12)17(20,21)22)29-7-9(18(23,24)25)4-10(19)14(29)30/h4-7H,1-3H3. The van der Waals surface area contributed by atoms with Gasteiger partial charge in [-0.3, -0.25) is 9.36 Å². The highest BCUT2D eigenvalue weighted by molar-refractivity contribution is 6.30. The Balaban J connectivity index is 2.34. The lowest BCUT2D eigenvalue weighted by molar-refractivity contribution is -0.138. The Morgan fingerprint density at radius 1 is 1.00 bits per heavy atom. The third-order valence-electron chi connectivity index (χ3n) is 4.03. The molecule has 3 aromatic rings. The summed E-state index contributed by atoms with van der Waals surface area (Å²) in [5.74, 6) is -0.210. The van der Waals surface area contributed by atoms with Gasteiger partial charge in [0.2, 0.25) is 11.7 Å². The van der Waals surface area contributed by atoms with Crippen molar-refractivity contribution < 1.29 is 30.9 Å². The molecule has 3 rings (SSSR count). The van der Waals surface area contributed by atoms with E-state index >= 15 is 0 Å². The minimum absolute atomic E-state index is 0.101. The van der Waals surface area contributed by atoms with Crippen LogP contribution in [0.4, 0.5) is 26.3 Å². The van der Waals surface area contributed by atoms with Crippen LogP contribution in [0.25, 0.3) is 17.2 Å². The van der Waals surface area contributed by atoms with Crippen LogP contribution in [0.1, 0.15) is 37.8 Å². The van der Waals surface area contributed by atoms with Crippen LogP contribution in [-0.2, 0) is 17.8 Å². The van der Waals surface area contributed by atoms with Crippen molar-refractivity contribution in [3.05, 3.63) is 56.9 Å². The SMILES string of the molecule is CC(C)(C)c1nc(-c2ncc(C(F)(F)F)cc2-n2cc(C(F)(F)F)cc(Cl)c2=O)no1. The van der Waals surface area contributed by atoms with Gasteiger partial charge >= 0.3 is 12.4 Å². The number of alkyl halides is 6. The van der Waals surface area contributed by atoms with Gasteiger partial charge in [-0.15, -0.1) is 0 Å². The Hall–Kier alpha value is -2.89. The van der Waals surface area contributed by atoms with E-state index in [9.17, 15) is 31.1 Å². The third-order valence-corrected chi connectivity index (χ3v) is 4.31. The zero-order chi connectivity index (χ0) is 23.4. The lowest BCUT2D eigenvalue weighted by atomic mass is 9.97. The van der Waals surface area contributed by atoms with E-state index in [4.69, 9.17) is 16.1 Å². The molecule has 31 heavy (non-hydrogen) atoms. The van der Waals surface area contributed by atoms with Crippen LogP contribution < -0.4 is 5.56 Å². The lowest BCUT2D eigenvalue weighted by Crippen LogP contribution is -2.23. The van der Waals surface area contributed by atoms with Crippen molar-refractivity contribution in [1.82, 2.24) is 19.7 Å². The van der Waals surface area contributed by atoms with E-state index in [2.05, 4.69) is 15.1 Å². The molecule has 0 amide bonds. The number of hydrogen-bond donors (Lipinski definition) is 0. The summed E-state index contributed by atoms with van der Waals surface area (Å²) in [5.41, 5.74) is -5.50. The predicted octanol–water partition coefficient (Wildman–Crippen LogP) is 5.27. The van der Waals surface area contributed by atoms with Gasteiger partial charge < -0.3 is 4.52 Å². The van der Waals surface area contributed by atoms with Crippen LogP contribution in [0.15, 0.2) is 33.8 Å². The molecule has 13 heteroatoms. The number of rotatable bonds is 2. The van der Waals surface area contributed by atoms with Crippen LogP contribution in [0.2, 0.25) is 5.02 Å². The van der Waals surface area contributed by atoms with E-state index in [1.54, 1.807) is 20.8 Å². The van der Waals surface area contributed by atoms with Gasteiger partial charge in [0, 0.05) is 17.8 Å². The highest BCUT2D eigenvalue weighted by Gasteiger charge is 2.35. The van der Waals surface area contributed by atoms with E-state index in [0.29, 0.717) is 29.1 Å². The Morgan fingerprint density at radius 3 is 2.13 bits per heavy atom. The quantitative estimate of drug-likeness (QED) is 0.481. The first kappa shape index (κ1) is 22.8. The molecular weight excluding hydrogens is 454 g/mol. The average Bonchev–Trinajstić information content (AvgIpc) is 3.12. The Bertz CT molecular complexity index is 1190. The van der Waals surface area contributed by atoms with E-state index in [1.165, 1.54) is 0 Å². The minimum atomic E-state index is -4.92. The molecule has 0 atom stereocenters. The van der Waals surface area contributed by atoms with Gasteiger partial charge in [0.15, 0.2) is 0 Å². The van der Waals surface area contributed by atoms with Crippen LogP contribution >= 0.6 is 11.6 Å². The number of aromatic nitrogens is 4. The van der Waals surface area contributed by atoms with Gasteiger partial charge in [-0.1, -0.05) is 37.5 Å². The van der Waals surface area contributed by atoms with E-state index < -0.39 is 50.9 Å². The van der Waals surface area contributed by atoms with Gasteiger partial charge in [0.1, 0.15) is 10.7 Å². The van der Waals surface area contributed by atoms with Crippen molar-refractivity contribution in [3.63, 3.8) is 0 Å². The van der Waals surface area contributed by atoms with Gasteiger partial charge in [-0.25, -0.2) is 4.98 Å². The summed E-state index contributed by atoms with van der Waals surface area (Å²) in [7, 11) is 0. The normalized spacial score (nSPS) is 13.0. The highest BCUT2D eigenvalue weighted by Crippen LogP contribution is 2.35. The maximum absolute atomic E-state index is 13.2. The maximum Gasteiger partial charge on any atom is 0.417 e. The van der Waals surface area contributed by atoms with Gasteiger partial charge in [-0.05, 0) is 12.1 Å². The van der Waals surface area contributed by atoms with Crippen LogP contribution in [0.5, 0.6) is 0 Å². The first-order chi connectivity index (χ1) is 14.1. The summed E-state index contributed by atoms with van der Waals surface area (Å²) in [6, 6.07) is 0.848. The second-order valence-electron chi connectivity index (χ2n) is 7.51. The fraction of sp³-hybridized carbons (Fsp3) is 0.333. The van der Waals surface area contributed by atoms with Gasteiger partial charge in [0.25, 0.3) is 5.56 Å². The van der Waals surface area contributed by atoms with Crippen molar-refractivity contribution in [2.24, 2.45) is 0 Å². The fourth-order valence-electron chi connectivity index (χ4n) is 2.47. The summed E-state index contributed by atoms with van der Waals surface area (Å²) < 4.78 is 84.8. The molecule has 0 spiro atoms. The summed E-state index contributed by atoms with van der Waals surface area (Å²) >= 11 is 5.64. The molecule has 0 aromatic carbocycles. The third kappa shape index (κ3) is 4.58. The average molecular weight is 467 g/mol. The molecule has 3 heterocycles. The molecule has 0 bridgehead atoms. The van der Waals surface area contributed by atoms with Crippen LogP contribution in [0.3, 0.4) is 0 Å². The minimum Gasteiger partial charge on any atom is -0.338 e. The fourth-order valence-corrected chi connectivity index (χ4v) is 2.68. The van der Waals surface area contributed by atoms with Crippen molar-refractivity contribution in [3.8, 4) is 17.2 Å². The Kier molecular flexibility index (Phi) is 5.41. The Morgan fingerprint density at radius 2 is 1.61 bits per heavy atom. The molecule has 166 valence electrons. The number of pyridine rings is 2. The van der Waals surface area contributed by atoms with E-state index in [-0.39, 0.29) is 11.7 Å². The summed E-state index contributed by atoms with van der Waals surface area (Å²) in [4.78, 5) is 20.2. The molecule has 3 aromatic heterocycles. The highest BCUT2D eigenvalue weighted by atomic mass is 35.5. The molecular formula is C18H13ClF6N4O2. The first-order valence-corrected chi connectivity index (χ1v) is 8.88. The molecule has 6 nitrogen and oxygen atoms in total. The lowest BCUT2D eigenvalue weighted by Gasteiger charge is -2.15. The molecule has 0 saturated carbocycles. The summed E-state index contributed by atoms with van der Waals surface area (Å²) in [6.45, 7) is 5.17. The molecule has 0 fully saturated rings. The van der Waals surface area contributed by atoms with Gasteiger partial charge in [0.05, 0.1) is 16.8 Å². The monoisotopic (exact) mass is 466 g/mol. The van der Waals surface area contributed by atoms with Crippen molar-refractivity contribution in [2.45, 2.75) is 38.5 Å². The molecule has 0 unspecified atom stereocenters. The van der Waals surface area contributed by atoms with Crippen molar-refractivity contribution in [2.75, 3.05) is 0 Å². The summed E-state index contributed by atoms with van der Waals surface area (Å²) in [5, 5.41) is 2.81. The second-order valence-corrected chi connectivity index (χ2v) is 7.92. The molecule has 0 saturated heterocycles.